The fraction of sp³-hybridized carbons (Fsp3) is 1.00. The van der Waals surface area contributed by atoms with Crippen LogP contribution in [0, 0.1) is 5.92 Å². The summed E-state index contributed by atoms with van der Waals surface area (Å²) >= 11 is 0. The average molecular weight is 141 g/mol. The Kier molecular flexibility index (Phi) is 1.46. The van der Waals surface area contributed by atoms with E-state index in [9.17, 15) is 0 Å². The second kappa shape index (κ2) is 2.21. The third-order valence-electron chi connectivity index (χ3n) is 2.68. The van der Waals surface area contributed by atoms with Gasteiger partial charge in [0, 0.05) is 6.61 Å². The minimum absolute atomic E-state index is 0.0289. The topological polar surface area (TPSA) is 21.3 Å². The van der Waals surface area contributed by atoms with Gasteiger partial charge >= 0.3 is 0 Å². The normalized spacial score (nSPS) is 47.1. The van der Waals surface area contributed by atoms with Gasteiger partial charge in [-0.05, 0) is 38.6 Å². The summed E-state index contributed by atoms with van der Waals surface area (Å²) in [5.41, 5.74) is 0.0289. The molecule has 0 aromatic heterocycles. The Morgan fingerprint density at radius 2 is 2.40 bits per heavy atom. The summed E-state index contributed by atoms with van der Waals surface area (Å²) in [7, 11) is 0. The molecular formula is C8H15NO. The molecule has 2 unspecified atom stereocenters. The van der Waals surface area contributed by atoms with Crippen molar-refractivity contribution in [3.8, 4) is 0 Å². The van der Waals surface area contributed by atoms with Crippen LogP contribution in [-0.2, 0) is 4.74 Å². The van der Waals surface area contributed by atoms with Gasteiger partial charge in [-0.3, -0.25) is 5.32 Å². The maximum absolute atomic E-state index is 5.63. The zero-order valence-electron chi connectivity index (χ0n) is 6.52. The van der Waals surface area contributed by atoms with Crippen LogP contribution in [0.15, 0.2) is 0 Å². The molecule has 0 spiro atoms. The Balaban J connectivity index is 2.07. The summed E-state index contributed by atoms with van der Waals surface area (Å²) in [6.07, 6.45) is 3.84. The van der Waals surface area contributed by atoms with Gasteiger partial charge in [-0.2, -0.15) is 0 Å². The van der Waals surface area contributed by atoms with E-state index in [-0.39, 0.29) is 5.72 Å². The summed E-state index contributed by atoms with van der Waals surface area (Å²) < 4.78 is 5.63. The van der Waals surface area contributed by atoms with Crippen molar-refractivity contribution in [3.05, 3.63) is 0 Å². The Labute approximate surface area is 61.9 Å². The molecule has 2 nitrogen and oxygen atoms in total. The molecule has 2 saturated heterocycles. The number of hydrogen-bond acceptors (Lipinski definition) is 2. The number of piperidine rings is 1. The summed E-state index contributed by atoms with van der Waals surface area (Å²) in [6.45, 7) is 4.26. The monoisotopic (exact) mass is 141 g/mol. The molecule has 58 valence electrons. The van der Waals surface area contributed by atoms with Crippen molar-refractivity contribution < 1.29 is 4.74 Å². The second-order valence-corrected chi connectivity index (χ2v) is 3.65. The zero-order valence-corrected chi connectivity index (χ0v) is 6.52. The van der Waals surface area contributed by atoms with Crippen LogP contribution < -0.4 is 5.32 Å². The van der Waals surface area contributed by atoms with E-state index in [1.54, 1.807) is 0 Å². The lowest BCUT2D eigenvalue weighted by atomic mass is 9.86. The molecule has 0 amide bonds. The maximum Gasteiger partial charge on any atom is 0.116 e. The Morgan fingerprint density at radius 1 is 1.50 bits per heavy atom. The first-order chi connectivity index (χ1) is 4.79. The van der Waals surface area contributed by atoms with Gasteiger partial charge in [0.1, 0.15) is 5.72 Å². The highest BCUT2D eigenvalue weighted by Crippen LogP contribution is 2.32. The van der Waals surface area contributed by atoms with E-state index in [4.69, 9.17) is 4.74 Å². The molecule has 2 rings (SSSR count). The van der Waals surface area contributed by atoms with E-state index in [0.717, 1.165) is 19.1 Å². The standard InChI is InChI=1S/C8H15NO/c1-8-6-7(2-4-9-8)3-5-10-8/h7,9H,2-6H2,1H3. The fourth-order valence-electron chi connectivity index (χ4n) is 2.07. The first kappa shape index (κ1) is 6.62. The summed E-state index contributed by atoms with van der Waals surface area (Å²) in [4.78, 5) is 0. The lowest BCUT2D eigenvalue weighted by Crippen LogP contribution is -2.53. The third-order valence-corrected chi connectivity index (χ3v) is 2.68. The van der Waals surface area contributed by atoms with Crippen LogP contribution >= 0.6 is 0 Å². The lowest BCUT2D eigenvalue weighted by Gasteiger charge is -2.43. The molecular weight excluding hydrogens is 126 g/mol. The molecule has 10 heavy (non-hydrogen) atoms. The molecule has 0 aliphatic carbocycles. The van der Waals surface area contributed by atoms with Crippen molar-refractivity contribution in [1.82, 2.24) is 5.32 Å². The number of rotatable bonds is 0. The van der Waals surface area contributed by atoms with Crippen molar-refractivity contribution in [3.63, 3.8) is 0 Å². The van der Waals surface area contributed by atoms with Crippen molar-refractivity contribution >= 4 is 0 Å². The van der Waals surface area contributed by atoms with Crippen molar-refractivity contribution in [2.45, 2.75) is 31.9 Å². The van der Waals surface area contributed by atoms with Crippen LogP contribution in [0.2, 0.25) is 0 Å². The van der Waals surface area contributed by atoms with E-state index in [1.807, 2.05) is 0 Å². The van der Waals surface area contributed by atoms with Crippen LogP contribution in [0.4, 0.5) is 0 Å². The number of nitrogens with one attached hydrogen (secondary N) is 1. The van der Waals surface area contributed by atoms with E-state index < -0.39 is 0 Å². The van der Waals surface area contributed by atoms with Gasteiger partial charge in [0.2, 0.25) is 0 Å². The summed E-state index contributed by atoms with van der Waals surface area (Å²) in [5, 5.41) is 3.40. The minimum atomic E-state index is 0.0289. The van der Waals surface area contributed by atoms with Gasteiger partial charge in [-0.25, -0.2) is 0 Å². The molecule has 1 N–H and O–H groups in total. The quantitative estimate of drug-likeness (QED) is 0.546. The van der Waals surface area contributed by atoms with E-state index in [1.165, 1.54) is 19.3 Å². The van der Waals surface area contributed by atoms with Gasteiger partial charge in [-0.1, -0.05) is 0 Å². The Hall–Kier alpha value is -0.0800. The summed E-state index contributed by atoms with van der Waals surface area (Å²) in [5.74, 6) is 0.931. The Bertz CT molecular complexity index is 125. The van der Waals surface area contributed by atoms with Crippen LogP contribution in [0.25, 0.3) is 0 Å². The summed E-state index contributed by atoms with van der Waals surface area (Å²) in [6, 6.07) is 0. The van der Waals surface area contributed by atoms with Crippen LogP contribution in [0.5, 0.6) is 0 Å². The highest BCUT2D eigenvalue weighted by molar-refractivity contribution is 4.85. The first-order valence-electron chi connectivity index (χ1n) is 4.17. The van der Waals surface area contributed by atoms with Crippen molar-refractivity contribution in [2.75, 3.05) is 13.2 Å². The number of ether oxygens (including phenoxy) is 1. The molecule has 2 atom stereocenters. The maximum atomic E-state index is 5.63. The van der Waals surface area contributed by atoms with E-state index in [0.29, 0.717) is 0 Å². The van der Waals surface area contributed by atoms with Gasteiger partial charge < -0.3 is 4.74 Å². The molecule has 2 heteroatoms. The molecule has 0 aromatic carbocycles. The first-order valence-corrected chi connectivity index (χ1v) is 4.17. The largest absolute Gasteiger partial charge is 0.361 e. The van der Waals surface area contributed by atoms with Crippen molar-refractivity contribution in [1.29, 1.82) is 0 Å². The number of hydrogen-bond donors (Lipinski definition) is 1. The minimum Gasteiger partial charge on any atom is -0.361 e. The van der Waals surface area contributed by atoms with Crippen LogP contribution in [-0.4, -0.2) is 18.9 Å². The molecule has 2 aliphatic rings. The molecule has 2 heterocycles. The second-order valence-electron chi connectivity index (χ2n) is 3.65. The highest BCUT2D eigenvalue weighted by atomic mass is 16.5. The number of fused-ring (bicyclic) bond motifs is 2. The SMILES string of the molecule is CC12CC(CCN1)CCO2. The molecule has 2 aliphatic heterocycles. The predicted octanol–water partition coefficient (Wildman–Crippen LogP) is 1.12. The van der Waals surface area contributed by atoms with E-state index >= 15 is 0 Å². The van der Waals surface area contributed by atoms with Crippen LogP contribution in [0.3, 0.4) is 0 Å². The van der Waals surface area contributed by atoms with Gasteiger partial charge in [-0.15, -0.1) is 0 Å². The smallest absolute Gasteiger partial charge is 0.116 e. The fourth-order valence-corrected chi connectivity index (χ4v) is 2.07. The van der Waals surface area contributed by atoms with Gasteiger partial charge in [0.15, 0.2) is 0 Å². The lowest BCUT2D eigenvalue weighted by molar-refractivity contribution is -0.124. The molecule has 0 aromatic rings. The molecule has 2 fully saturated rings. The third kappa shape index (κ3) is 1.06. The van der Waals surface area contributed by atoms with Gasteiger partial charge in [0.05, 0.1) is 0 Å². The zero-order chi connectivity index (χ0) is 7.03. The predicted molar refractivity (Wildman–Crippen MR) is 39.7 cm³/mol. The van der Waals surface area contributed by atoms with Crippen molar-refractivity contribution in [2.24, 2.45) is 5.92 Å². The molecule has 2 bridgehead atoms. The van der Waals surface area contributed by atoms with E-state index in [2.05, 4.69) is 12.2 Å². The average Bonchev–Trinajstić information content (AvgIpc) is 1.86. The van der Waals surface area contributed by atoms with Gasteiger partial charge in [0.25, 0.3) is 0 Å². The Morgan fingerprint density at radius 3 is 3.10 bits per heavy atom. The molecule has 0 radical (unpaired) electrons. The highest BCUT2D eigenvalue weighted by Gasteiger charge is 2.35. The molecule has 0 saturated carbocycles. The van der Waals surface area contributed by atoms with Crippen LogP contribution in [0.1, 0.15) is 26.2 Å².